The number of alkyl halides is 6. The predicted octanol–water partition coefficient (Wildman–Crippen LogP) is 14.2. The van der Waals surface area contributed by atoms with Crippen LogP contribution in [0.25, 0.3) is 11.1 Å². The van der Waals surface area contributed by atoms with Gasteiger partial charge in [0.25, 0.3) is 11.8 Å². The van der Waals surface area contributed by atoms with Gasteiger partial charge < -0.3 is 49.3 Å². The van der Waals surface area contributed by atoms with Crippen LogP contribution in [0.4, 0.5) is 46.9 Å². The quantitative estimate of drug-likeness (QED) is 0.0393. The van der Waals surface area contributed by atoms with Crippen molar-refractivity contribution in [3.8, 4) is 11.1 Å². The molecule has 1 aliphatic carbocycles. The molecule has 0 aromatic heterocycles. The largest absolute Gasteiger partial charge is 0.465 e. The number of nitrogens with zero attached hydrogens (tertiary/aromatic N) is 7. The summed E-state index contributed by atoms with van der Waals surface area (Å²) in [5.74, 6) is -1.87. The van der Waals surface area contributed by atoms with Gasteiger partial charge in [-0.25, -0.2) is 9.18 Å². The smallest absolute Gasteiger partial charge is 0.416 e. The number of fused-ring (bicyclic) bond motifs is 2. The third-order valence-electron chi connectivity index (χ3n) is 19.8. The summed E-state index contributed by atoms with van der Waals surface area (Å²) >= 11 is 0. The van der Waals surface area contributed by atoms with Gasteiger partial charge in [-0.3, -0.25) is 24.1 Å². The second kappa shape index (κ2) is 35.4. The van der Waals surface area contributed by atoms with E-state index >= 15 is 0 Å². The van der Waals surface area contributed by atoms with Crippen LogP contribution in [0.15, 0.2) is 146 Å². The van der Waals surface area contributed by atoms with E-state index in [2.05, 4.69) is 27.2 Å². The number of hydrogen-bond acceptors (Lipinski definition) is 10. The molecule has 6 aromatic carbocycles. The highest BCUT2D eigenvalue weighted by molar-refractivity contribution is 5.96. The van der Waals surface area contributed by atoms with E-state index in [1.165, 1.54) is 29.2 Å². The predicted molar refractivity (Wildman–Crippen MR) is 377 cm³/mol. The molecule has 100 heavy (non-hydrogen) atoms. The number of nitrogens with one attached hydrogen (secondary N) is 1. The van der Waals surface area contributed by atoms with Gasteiger partial charge >= 0.3 is 18.4 Å². The summed E-state index contributed by atoms with van der Waals surface area (Å²) in [6.07, 6.45) is -4.59. The normalized spacial score (nSPS) is 17.7. The Morgan fingerprint density at radius 2 is 1.28 bits per heavy atom. The Hall–Kier alpha value is -7.51. The zero-order chi connectivity index (χ0) is 69.1. The number of benzene rings is 6. The average Bonchev–Trinajstić information content (AvgIpc) is 1.58. The third-order valence-corrected chi connectivity index (χ3v) is 19.8. The molecule has 10 rings (SSSR count). The summed E-state index contributed by atoms with van der Waals surface area (Å²) < 4.78 is 110. The molecule has 3 aliphatic heterocycles. The summed E-state index contributed by atoms with van der Waals surface area (Å²) in [6.45, 7) is 5.06. The average molecular weight is 1460 g/mol. The Bertz CT molecular complexity index is 3680. The van der Waals surface area contributed by atoms with Crippen molar-refractivity contribution >= 4 is 78.3 Å². The van der Waals surface area contributed by atoms with Crippen molar-refractivity contribution in [3.05, 3.63) is 190 Å². The topological polar surface area (TPSA) is 159 Å². The van der Waals surface area contributed by atoms with Crippen molar-refractivity contribution in [2.75, 3.05) is 117 Å². The molecule has 16 nitrogen and oxygen atoms in total. The van der Waals surface area contributed by atoms with Crippen molar-refractivity contribution in [2.24, 2.45) is 0 Å². The number of ether oxygens (including phenoxy) is 2. The second-order valence-electron chi connectivity index (χ2n) is 26.1. The summed E-state index contributed by atoms with van der Waals surface area (Å²) in [5.41, 5.74) is 0.973. The molecule has 5 amide bonds. The monoisotopic (exact) mass is 1450 g/mol. The molecule has 0 radical (unpaired) electrons. The summed E-state index contributed by atoms with van der Waals surface area (Å²) in [4.78, 5) is 79.0. The maximum Gasteiger partial charge on any atom is 0.416 e. The molecule has 4 aliphatic rings. The van der Waals surface area contributed by atoms with Crippen LogP contribution in [-0.2, 0) is 48.9 Å². The number of likely N-dealkylation sites (tertiary alicyclic amines) is 2. The van der Waals surface area contributed by atoms with E-state index in [-0.39, 0.29) is 92.7 Å². The van der Waals surface area contributed by atoms with Crippen LogP contribution in [0.1, 0.15) is 113 Å². The van der Waals surface area contributed by atoms with Gasteiger partial charge in [-0.15, -0.1) is 37.2 Å². The van der Waals surface area contributed by atoms with Gasteiger partial charge in [-0.2, -0.15) is 26.3 Å². The number of piperidine rings is 2. The van der Waals surface area contributed by atoms with E-state index in [9.17, 15) is 59.8 Å². The van der Waals surface area contributed by atoms with Gasteiger partial charge in [0, 0.05) is 114 Å². The number of anilines is 2. The maximum absolute atomic E-state index is 14.3. The maximum atomic E-state index is 14.3. The zero-order valence-electron chi connectivity index (χ0n) is 56.3. The van der Waals surface area contributed by atoms with Crippen LogP contribution in [0, 0.1) is 5.82 Å². The summed E-state index contributed by atoms with van der Waals surface area (Å²) in [6, 6.07) is 39.0. The van der Waals surface area contributed by atoms with E-state index in [0.717, 1.165) is 65.2 Å². The van der Waals surface area contributed by atoms with Crippen LogP contribution in [0.5, 0.6) is 0 Å². The van der Waals surface area contributed by atoms with Gasteiger partial charge in [-0.1, -0.05) is 97.4 Å². The Balaban J connectivity index is 0.00000468. The number of halogens is 10. The van der Waals surface area contributed by atoms with Gasteiger partial charge in [0.1, 0.15) is 24.8 Å². The molecule has 0 unspecified atom stereocenters. The summed E-state index contributed by atoms with van der Waals surface area (Å²) in [7, 11) is 5.29. The van der Waals surface area contributed by atoms with E-state index in [1.54, 1.807) is 34.9 Å². The fourth-order valence-electron chi connectivity index (χ4n) is 14.1. The zero-order valence-corrected chi connectivity index (χ0v) is 58.7. The van der Waals surface area contributed by atoms with Crippen LogP contribution in [-0.4, -0.2) is 183 Å². The van der Waals surface area contributed by atoms with E-state index in [1.807, 2.05) is 92.0 Å². The minimum Gasteiger partial charge on any atom is -0.465 e. The minimum atomic E-state index is -5.15. The number of hydrogen-bond donors (Lipinski definition) is 2. The number of rotatable bonds is 26. The molecule has 2 N–H and O–H groups in total. The standard InChI is InChI=1S/C74H85F7N8O8.3ClH/c1-83(35-15-36-85(3)68(92)54-19-14-20-60(46-54)82-34-13-5-8-24-66(90)84(2)42-43-86-37-29-61(30-38-86)89(70(94)95)64-23-12-10-21-62(64)52-16-6-4-7-17-52)67(91)49-96-65-47-53-18-9-11-22-63(53)71(65)31-39-87(40-32-71)41-33-72(56-25-27-59(75)28-26-56)50-88(51-97-72)69(93)55-44-57(73(76,77)78)48-58(45-55)74(79,80)81;;;/h4,6-7,9-12,14,16-23,25-28,44-46,48,61,65,82H,5,8,13,15,24,29-43,47,49-51H2,1-3H3,(H,94,95);3*1H/t65-,72-;;;/m0.../s1. The number of para-hydroxylation sites is 1. The molecule has 0 saturated carbocycles. The molecule has 6 aromatic rings. The molecule has 1 spiro atoms. The molecule has 3 heterocycles. The molecule has 2 atom stereocenters. The first-order valence-corrected chi connectivity index (χ1v) is 33.3. The molecule has 542 valence electrons. The van der Waals surface area contributed by atoms with Crippen molar-refractivity contribution in [1.29, 1.82) is 0 Å². The van der Waals surface area contributed by atoms with Gasteiger partial charge in [0.15, 0.2) is 0 Å². The van der Waals surface area contributed by atoms with Crippen molar-refractivity contribution in [1.82, 2.24) is 29.4 Å². The lowest BCUT2D eigenvalue weighted by Crippen LogP contribution is -2.50. The molecule has 3 saturated heterocycles. The van der Waals surface area contributed by atoms with E-state index in [0.29, 0.717) is 126 Å². The molecule has 26 heteroatoms. The minimum absolute atomic E-state index is 0. The van der Waals surface area contributed by atoms with Crippen LogP contribution >= 0.6 is 37.2 Å². The van der Waals surface area contributed by atoms with Crippen molar-refractivity contribution in [3.63, 3.8) is 0 Å². The number of carboxylic acid groups (broad SMARTS) is 1. The van der Waals surface area contributed by atoms with E-state index in [4.69, 9.17) is 9.47 Å². The molecular weight excluding hydrogens is 1370 g/mol. The number of amides is 5. The fourth-order valence-corrected chi connectivity index (χ4v) is 14.1. The third kappa shape index (κ3) is 19.6. The lowest BCUT2D eigenvalue weighted by Gasteiger charge is -2.44. The Labute approximate surface area is 598 Å². The van der Waals surface area contributed by atoms with Crippen LogP contribution in [0.2, 0.25) is 0 Å². The van der Waals surface area contributed by atoms with Gasteiger partial charge in [0.05, 0.1) is 29.5 Å². The first-order valence-electron chi connectivity index (χ1n) is 33.3. The van der Waals surface area contributed by atoms with Crippen LogP contribution in [0.3, 0.4) is 0 Å². The number of carbonyl (C=O) groups excluding carboxylic acids is 4. The van der Waals surface area contributed by atoms with Gasteiger partial charge in [0.2, 0.25) is 11.8 Å². The molecular formula is C74H88Cl3F7N8O8. The number of likely N-dealkylation sites (N-methyl/N-ethyl adjacent to an activating group) is 2. The highest BCUT2D eigenvalue weighted by Gasteiger charge is 2.50. The lowest BCUT2D eigenvalue weighted by molar-refractivity contribution is -0.143. The first-order chi connectivity index (χ1) is 46.4. The Kier molecular flexibility index (Phi) is 28.2. The Morgan fingerprint density at radius 3 is 1.96 bits per heavy atom. The lowest BCUT2D eigenvalue weighted by atomic mass is 9.72. The van der Waals surface area contributed by atoms with E-state index < -0.39 is 64.6 Å². The van der Waals surface area contributed by atoms with Crippen molar-refractivity contribution in [2.45, 2.75) is 106 Å². The highest BCUT2D eigenvalue weighted by atomic mass is 35.5. The fraction of sp³-hybridized carbons (Fsp3) is 0.446. The number of unbranched alkanes of at least 4 members (excludes halogenated alkanes) is 2. The Morgan fingerprint density at radius 1 is 0.650 bits per heavy atom. The first kappa shape index (κ1) is 79.8. The molecule has 0 bridgehead atoms. The van der Waals surface area contributed by atoms with Crippen molar-refractivity contribution < 1.29 is 69.3 Å². The molecule has 3 fully saturated rings. The SMILES string of the molecule is CN(CCN1CCC(N(C(=O)O)c2ccccc2-c2ccccc2)CC1)C(=O)CCCCCNc1cccc(C(=O)N(C)CCCN(C)C(=O)CO[C@H]2Cc3ccccc3C23CCN(CC[C@@]2(c4ccc(F)cc4)CN(C(=O)c4cc(C(F)(F)F)cc(C(F)(F)F)c4)CO2)CC3)c1.Cl.Cl.Cl. The summed E-state index contributed by atoms with van der Waals surface area (Å²) in [5, 5.41) is 13.8. The highest BCUT2D eigenvalue weighted by Crippen LogP contribution is 2.49. The number of carbonyl (C=O) groups is 5. The van der Waals surface area contributed by atoms with Gasteiger partial charge in [-0.05, 0) is 148 Å². The van der Waals surface area contributed by atoms with Crippen LogP contribution < -0.4 is 10.2 Å². The second-order valence-corrected chi connectivity index (χ2v) is 26.1.